The van der Waals surface area contributed by atoms with Gasteiger partial charge >= 0.3 is 12.6 Å². The first-order valence-electron chi connectivity index (χ1n) is 8.96. The summed E-state index contributed by atoms with van der Waals surface area (Å²) in [6, 6.07) is 3.78. The van der Waals surface area contributed by atoms with Crippen molar-refractivity contribution in [1.29, 1.82) is 0 Å². The predicted octanol–water partition coefficient (Wildman–Crippen LogP) is 3.54. The average molecular weight is 385 g/mol. The van der Waals surface area contributed by atoms with E-state index in [4.69, 9.17) is 9.47 Å². The Bertz CT molecular complexity index is 668. The Morgan fingerprint density at radius 1 is 1.19 bits per heavy atom. The summed E-state index contributed by atoms with van der Waals surface area (Å²) in [6.45, 7) is 0.574. The summed E-state index contributed by atoms with van der Waals surface area (Å²) in [5.41, 5.74) is 0.0687. The van der Waals surface area contributed by atoms with Crippen LogP contribution in [-0.2, 0) is 9.53 Å². The lowest BCUT2D eigenvalue weighted by Crippen LogP contribution is -2.45. The van der Waals surface area contributed by atoms with Gasteiger partial charge in [0.15, 0.2) is 17.6 Å². The molecule has 0 saturated heterocycles. The van der Waals surface area contributed by atoms with Crippen LogP contribution in [0, 0.1) is 5.92 Å². The van der Waals surface area contributed by atoms with Gasteiger partial charge in [-0.1, -0.05) is 19.8 Å². The number of hydrogen-bond acceptors (Lipinski definition) is 5. The summed E-state index contributed by atoms with van der Waals surface area (Å²) >= 11 is 0. The molecule has 2 rings (SSSR count). The van der Waals surface area contributed by atoms with Crippen molar-refractivity contribution in [3.8, 4) is 11.5 Å². The van der Waals surface area contributed by atoms with Crippen LogP contribution < -0.4 is 14.8 Å². The first-order chi connectivity index (χ1) is 12.8. The maximum absolute atomic E-state index is 12.4. The molecule has 0 bridgehead atoms. The zero-order valence-corrected chi connectivity index (χ0v) is 15.7. The van der Waals surface area contributed by atoms with Gasteiger partial charge in [-0.25, -0.2) is 4.79 Å². The lowest BCUT2D eigenvalue weighted by molar-refractivity contribution is -0.130. The lowest BCUT2D eigenvalue weighted by Gasteiger charge is -2.30. The van der Waals surface area contributed by atoms with Crippen LogP contribution in [0.3, 0.4) is 0 Å². The number of methoxy groups -OCH3 is 1. The third kappa shape index (κ3) is 5.80. The molecule has 1 saturated carbocycles. The van der Waals surface area contributed by atoms with Crippen molar-refractivity contribution in [2.24, 2.45) is 5.92 Å². The highest BCUT2D eigenvalue weighted by molar-refractivity contribution is 5.92. The minimum Gasteiger partial charge on any atom is -0.493 e. The van der Waals surface area contributed by atoms with Crippen LogP contribution >= 0.6 is 0 Å². The Balaban J connectivity index is 1.97. The zero-order valence-electron chi connectivity index (χ0n) is 15.7. The molecular weight excluding hydrogens is 360 g/mol. The number of hydrogen-bond donors (Lipinski definition) is 1. The summed E-state index contributed by atoms with van der Waals surface area (Å²) in [7, 11) is 1.27. The van der Waals surface area contributed by atoms with Crippen molar-refractivity contribution in [2.75, 3.05) is 7.11 Å². The number of alkyl halides is 2. The van der Waals surface area contributed by atoms with Gasteiger partial charge in [0, 0.05) is 6.04 Å². The number of benzene rings is 1. The maximum Gasteiger partial charge on any atom is 0.387 e. The normalized spacial score (nSPS) is 20.7. The SMILES string of the molecule is COc1cc(C(=O)O[C@H](C)C(=O)N[C@H]2CCCC[C@H]2C)ccc1OC(F)F. The van der Waals surface area contributed by atoms with Gasteiger partial charge in [-0.2, -0.15) is 8.78 Å². The maximum atomic E-state index is 12.4. The second kappa shape index (κ2) is 9.53. The number of carbonyl (C=O) groups is 2. The molecule has 8 heteroatoms. The van der Waals surface area contributed by atoms with E-state index in [1.54, 1.807) is 0 Å². The average Bonchev–Trinajstić information content (AvgIpc) is 2.63. The Hall–Kier alpha value is -2.38. The summed E-state index contributed by atoms with van der Waals surface area (Å²) in [4.78, 5) is 24.6. The van der Waals surface area contributed by atoms with E-state index in [0.29, 0.717) is 5.92 Å². The van der Waals surface area contributed by atoms with Crippen molar-refractivity contribution >= 4 is 11.9 Å². The monoisotopic (exact) mass is 385 g/mol. The number of halogens is 2. The van der Waals surface area contributed by atoms with Crippen LogP contribution in [0.5, 0.6) is 11.5 Å². The van der Waals surface area contributed by atoms with Crippen molar-refractivity contribution < 1.29 is 32.6 Å². The van der Waals surface area contributed by atoms with Crippen LogP contribution in [0.25, 0.3) is 0 Å². The molecule has 0 aromatic heterocycles. The van der Waals surface area contributed by atoms with Crippen LogP contribution in [0.2, 0.25) is 0 Å². The largest absolute Gasteiger partial charge is 0.493 e. The van der Waals surface area contributed by atoms with Crippen LogP contribution in [0.4, 0.5) is 8.78 Å². The molecule has 1 aromatic carbocycles. The highest BCUT2D eigenvalue weighted by Gasteiger charge is 2.27. The van der Waals surface area contributed by atoms with E-state index >= 15 is 0 Å². The standard InChI is InChI=1S/C19H25F2NO5/c1-11-6-4-5-7-14(11)22-17(23)12(2)26-18(24)13-8-9-15(27-19(20)21)16(10-13)25-3/h8-12,14,19H,4-7H2,1-3H3,(H,22,23)/t11-,12-,14+/m1/s1. The first-order valence-corrected chi connectivity index (χ1v) is 8.96. The quantitative estimate of drug-likeness (QED) is 0.727. The molecule has 0 spiro atoms. The van der Waals surface area contributed by atoms with E-state index < -0.39 is 18.7 Å². The minimum absolute atomic E-state index is 0.0297. The van der Waals surface area contributed by atoms with E-state index in [-0.39, 0.29) is 29.0 Å². The van der Waals surface area contributed by atoms with Gasteiger partial charge in [-0.3, -0.25) is 4.79 Å². The fourth-order valence-electron chi connectivity index (χ4n) is 3.10. The summed E-state index contributed by atoms with van der Waals surface area (Å²) in [5.74, 6) is -0.945. The number of esters is 1. The molecule has 6 nitrogen and oxygen atoms in total. The molecule has 1 aliphatic carbocycles. The van der Waals surface area contributed by atoms with Gasteiger partial charge in [0.05, 0.1) is 12.7 Å². The molecular formula is C19H25F2NO5. The molecule has 1 aromatic rings. The lowest BCUT2D eigenvalue weighted by atomic mass is 9.86. The van der Waals surface area contributed by atoms with Crippen molar-refractivity contribution in [1.82, 2.24) is 5.32 Å². The van der Waals surface area contributed by atoms with Crippen LogP contribution in [0.15, 0.2) is 18.2 Å². The summed E-state index contributed by atoms with van der Waals surface area (Å²) < 4.78 is 39.2. The molecule has 0 radical (unpaired) electrons. The number of carbonyl (C=O) groups excluding carboxylic acids is 2. The van der Waals surface area contributed by atoms with Gasteiger partial charge in [-0.05, 0) is 43.9 Å². The number of amides is 1. The van der Waals surface area contributed by atoms with Gasteiger partial charge in [0.2, 0.25) is 0 Å². The number of nitrogens with one attached hydrogen (secondary N) is 1. The van der Waals surface area contributed by atoms with E-state index in [2.05, 4.69) is 17.0 Å². The number of rotatable bonds is 7. The van der Waals surface area contributed by atoms with E-state index in [1.807, 2.05) is 0 Å². The Morgan fingerprint density at radius 2 is 1.89 bits per heavy atom. The third-order valence-electron chi connectivity index (χ3n) is 4.71. The second-order valence-electron chi connectivity index (χ2n) is 6.67. The second-order valence-corrected chi connectivity index (χ2v) is 6.67. The van der Waals surface area contributed by atoms with Gasteiger partial charge in [-0.15, -0.1) is 0 Å². The summed E-state index contributed by atoms with van der Waals surface area (Å²) in [5, 5.41) is 2.93. The van der Waals surface area contributed by atoms with Crippen LogP contribution in [0.1, 0.15) is 49.9 Å². The van der Waals surface area contributed by atoms with Crippen molar-refractivity contribution in [3.05, 3.63) is 23.8 Å². The van der Waals surface area contributed by atoms with Crippen molar-refractivity contribution in [3.63, 3.8) is 0 Å². The predicted molar refractivity (Wildman–Crippen MR) is 94.1 cm³/mol. The molecule has 150 valence electrons. The van der Waals surface area contributed by atoms with E-state index in [9.17, 15) is 18.4 Å². The minimum atomic E-state index is -3.01. The van der Waals surface area contributed by atoms with Gasteiger partial charge < -0.3 is 19.5 Å². The van der Waals surface area contributed by atoms with Gasteiger partial charge in [0.25, 0.3) is 5.91 Å². The molecule has 0 unspecified atom stereocenters. The number of ether oxygens (including phenoxy) is 3. The fourth-order valence-corrected chi connectivity index (χ4v) is 3.10. The molecule has 3 atom stereocenters. The van der Waals surface area contributed by atoms with Crippen molar-refractivity contribution in [2.45, 2.75) is 58.3 Å². The highest BCUT2D eigenvalue weighted by atomic mass is 19.3. The first kappa shape index (κ1) is 20.9. The smallest absolute Gasteiger partial charge is 0.387 e. The van der Waals surface area contributed by atoms with E-state index in [1.165, 1.54) is 32.2 Å². The van der Waals surface area contributed by atoms with Crippen LogP contribution in [-0.4, -0.2) is 37.7 Å². The molecule has 1 aliphatic rings. The van der Waals surface area contributed by atoms with E-state index in [0.717, 1.165) is 25.7 Å². The Morgan fingerprint density at radius 3 is 2.52 bits per heavy atom. The molecule has 27 heavy (non-hydrogen) atoms. The topological polar surface area (TPSA) is 73.9 Å². The summed E-state index contributed by atoms with van der Waals surface area (Å²) in [6.07, 6.45) is 3.22. The van der Waals surface area contributed by atoms with Gasteiger partial charge in [0.1, 0.15) is 0 Å². The highest BCUT2D eigenvalue weighted by Crippen LogP contribution is 2.30. The Labute approximate surface area is 157 Å². The molecule has 1 amide bonds. The third-order valence-corrected chi connectivity index (χ3v) is 4.71. The Kier molecular flexibility index (Phi) is 7.38. The molecule has 0 aliphatic heterocycles. The molecule has 1 N–H and O–H groups in total. The zero-order chi connectivity index (χ0) is 20.0. The molecule has 0 heterocycles. The fraction of sp³-hybridized carbons (Fsp3) is 0.579. The molecule has 1 fully saturated rings.